The average Bonchev–Trinajstić information content (AvgIpc) is 2.50. The van der Waals surface area contributed by atoms with E-state index in [4.69, 9.17) is 9.47 Å². The third-order valence-electron chi connectivity index (χ3n) is 3.80. The Kier molecular flexibility index (Phi) is 6.41. The highest BCUT2D eigenvalue weighted by Crippen LogP contribution is 2.22. The van der Waals surface area contributed by atoms with Crippen molar-refractivity contribution >= 4 is 10.0 Å². The highest BCUT2D eigenvalue weighted by Gasteiger charge is 2.22. The molecule has 0 aromatic heterocycles. The van der Waals surface area contributed by atoms with Gasteiger partial charge in [-0.05, 0) is 38.9 Å². The number of para-hydroxylation sites is 1. The van der Waals surface area contributed by atoms with Crippen LogP contribution in [0.1, 0.15) is 20.3 Å². The molecule has 2 unspecified atom stereocenters. The van der Waals surface area contributed by atoms with Gasteiger partial charge in [0.15, 0.2) is 0 Å². The summed E-state index contributed by atoms with van der Waals surface area (Å²) in [6.45, 7) is 7.17. The van der Waals surface area contributed by atoms with E-state index >= 15 is 0 Å². The lowest BCUT2D eigenvalue weighted by Gasteiger charge is -2.35. The summed E-state index contributed by atoms with van der Waals surface area (Å²) < 4.78 is 38.1. The lowest BCUT2D eigenvalue weighted by molar-refractivity contribution is -0.0679. The summed E-state index contributed by atoms with van der Waals surface area (Å²) in [7, 11) is -2.08. The molecule has 1 aromatic rings. The summed E-state index contributed by atoms with van der Waals surface area (Å²) >= 11 is 0. The van der Waals surface area contributed by atoms with E-state index in [2.05, 4.69) is 23.5 Å². The fourth-order valence-electron chi connectivity index (χ4n) is 2.89. The fraction of sp³-hybridized carbons (Fsp3) is 0.625. The zero-order chi connectivity index (χ0) is 16.9. The Morgan fingerprint density at radius 1 is 1.26 bits per heavy atom. The first-order valence-electron chi connectivity index (χ1n) is 7.93. The maximum atomic E-state index is 12.3. The second-order valence-corrected chi connectivity index (χ2v) is 7.65. The number of benzene rings is 1. The van der Waals surface area contributed by atoms with Crippen LogP contribution in [0.25, 0.3) is 0 Å². The van der Waals surface area contributed by atoms with Gasteiger partial charge < -0.3 is 9.47 Å². The summed E-state index contributed by atoms with van der Waals surface area (Å²) in [5, 5.41) is 0. The van der Waals surface area contributed by atoms with Gasteiger partial charge in [0.05, 0.1) is 19.3 Å². The molecule has 1 saturated heterocycles. The summed E-state index contributed by atoms with van der Waals surface area (Å²) in [6.07, 6.45) is 1.21. The maximum Gasteiger partial charge on any atom is 0.244 e. The van der Waals surface area contributed by atoms with E-state index in [1.54, 1.807) is 24.3 Å². The molecule has 6 nitrogen and oxygen atoms in total. The Hall–Kier alpha value is -1.15. The van der Waals surface area contributed by atoms with Crippen molar-refractivity contribution in [2.45, 2.75) is 37.4 Å². The zero-order valence-electron chi connectivity index (χ0n) is 14.0. The molecule has 0 amide bonds. The van der Waals surface area contributed by atoms with Crippen LogP contribution >= 0.6 is 0 Å². The molecule has 0 aliphatic carbocycles. The Labute approximate surface area is 138 Å². The van der Waals surface area contributed by atoms with Crippen molar-refractivity contribution < 1.29 is 17.9 Å². The Morgan fingerprint density at radius 2 is 1.91 bits per heavy atom. The number of nitrogens with one attached hydrogen (secondary N) is 1. The van der Waals surface area contributed by atoms with E-state index in [0.29, 0.717) is 12.3 Å². The molecule has 1 N–H and O–H groups in total. The molecule has 1 heterocycles. The van der Waals surface area contributed by atoms with Crippen molar-refractivity contribution in [3.05, 3.63) is 24.3 Å². The highest BCUT2D eigenvalue weighted by atomic mass is 32.2. The third-order valence-corrected chi connectivity index (χ3v) is 5.30. The topological polar surface area (TPSA) is 67.9 Å². The summed E-state index contributed by atoms with van der Waals surface area (Å²) in [4.78, 5) is 2.49. The standard InChI is InChI=1S/C16H26N2O4S/c1-13-11-18(12-14(2)22-13)10-6-9-17-23(19,20)16-8-5-4-7-15(16)21-3/h4-5,7-8,13-14,17H,6,9-12H2,1-3H3. The van der Waals surface area contributed by atoms with Crippen LogP contribution in [0.2, 0.25) is 0 Å². The minimum Gasteiger partial charge on any atom is -0.495 e. The SMILES string of the molecule is COc1ccccc1S(=O)(=O)NCCCN1CC(C)OC(C)C1. The molecule has 2 rings (SSSR count). The van der Waals surface area contributed by atoms with Crippen LogP contribution in [0.4, 0.5) is 0 Å². The van der Waals surface area contributed by atoms with E-state index in [-0.39, 0.29) is 17.1 Å². The van der Waals surface area contributed by atoms with E-state index in [1.807, 2.05) is 0 Å². The van der Waals surface area contributed by atoms with Gasteiger partial charge in [-0.3, -0.25) is 4.90 Å². The van der Waals surface area contributed by atoms with Crippen molar-refractivity contribution in [1.29, 1.82) is 0 Å². The molecule has 0 bridgehead atoms. The minimum atomic E-state index is -3.55. The molecule has 1 aromatic carbocycles. The molecule has 0 radical (unpaired) electrons. The van der Waals surface area contributed by atoms with Crippen molar-refractivity contribution in [1.82, 2.24) is 9.62 Å². The van der Waals surface area contributed by atoms with E-state index < -0.39 is 10.0 Å². The van der Waals surface area contributed by atoms with Gasteiger partial charge in [-0.1, -0.05) is 12.1 Å². The number of morpholine rings is 1. The number of sulfonamides is 1. The molecule has 1 aliphatic rings. The van der Waals surface area contributed by atoms with Crippen LogP contribution in [-0.4, -0.2) is 58.8 Å². The fourth-order valence-corrected chi connectivity index (χ4v) is 4.14. The Morgan fingerprint density at radius 3 is 2.57 bits per heavy atom. The molecular formula is C16H26N2O4S. The van der Waals surface area contributed by atoms with E-state index in [9.17, 15) is 8.42 Å². The van der Waals surface area contributed by atoms with Gasteiger partial charge in [-0.2, -0.15) is 0 Å². The number of ether oxygens (including phenoxy) is 2. The maximum absolute atomic E-state index is 12.3. The number of hydrogen-bond donors (Lipinski definition) is 1. The van der Waals surface area contributed by atoms with Crippen molar-refractivity contribution in [2.24, 2.45) is 0 Å². The largest absolute Gasteiger partial charge is 0.495 e. The van der Waals surface area contributed by atoms with E-state index in [0.717, 1.165) is 26.1 Å². The lowest BCUT2D eigenvalue weighted by Crippen LogP contribution is -2.46. The van der Waals surface area contributed by atoms with Crippen LogP contribution < -0.4 is 9.46 Å². The van der Waals surface area contributed by atoms with Crippen LogP contribution in [0.15, 0.2) is 29.2 Å². The first-order chi connectivity index (χ1) is 10.9. The molecule has 0 saturated carbocycles. The van der Waals surface area contributed by atoms with Crippen molar-refractivity contribution in [3.8, 4) is 5.75 Å². The second kappa shape index (κ2) is 8.10. The molecule has 130 valence electrons. The molecular weight excluding hydrogens is 316 g/mol. The van der Waals surface area contributed by atoms with E-state index in [1.165, 1.54) is 7.11 Å². The molecule has 1 aliphatic heterocycles. The molecule has 23 heavy (non-hydrogen) atoms. The zero-order valence-corrected chi connectivity index (χ0v) is 14.8. The van der Waals surface area contributed by atoms with Crippen LogP contribution in [-0.2, 0) is 14.8 Å². The number of nitrogens with zero attached hydrogens (tertiary/aromatic N) is 1. The Bertz CT molecular complexity index is 596. The number of hydrogen-bond acceptors (Lipinski definition) is 5. The first kappa shape index (κ1) is 18.2. The van der Waals surface area contributed by atoms with Gasteiger partial charge >= 0.3 is 0 Å². The van der Waals surface area contributed by atoms with Crippen molar-refractivity contribution in [2.75, 3.05) is 33.3 Å². The van der Waals surface area contributed by atoms with Gasteiger partial charge in [0, 0.05) is 19.6 Å². The van der Waals surface area contributed by atoms with Crippen LogP contribution in [0, 0.1) is 0 Å². The summed E-state index contributed by atoms with van der Waals surface area (Å²) in [5.41, 5.74) is 0. The number of rotatable bonds is 7. The van der Waals surface area contributed by atoms with Gasteiger partial charge in [0.25, 0.3) is 0 Å². The van der Waals surface area contributed by atoms with Crippen molar-refractivity contribution in [3.63, 3.8) is 0 Å². The smallest absolute Gasteiger partial charge is 0.244 e. The molecule has 0 spiro atoms. The van der Waals surface area contributed by atoms with Gasteiger partial charge in [-0.15, -0.1) is 0 Å². The third kappa shape index (κ3) is 5.17. The lowest BCUT2D eigenvalue weighted by atomic mass is 10.2. The Balaban J connectivity index is 1.83. The number of methoxy groups -OCH3 is 1. The molecule has 2 atom stereocenters. The monoisotopic (exact) mass is 342 g/mol. The van der Waals surface area contributed by atoms with Crippen LogP contribution in [0.3, 0.4) is 0 Å². The highest BCUT2D eigenvalue weighted by molar-refractivity contribution is 7.89. The van der Waals surface area contributed by atoms with Gasteiger partial charge in [-0.25, -0.2) is 13.1 Å². The normalized spacial score (nSPS) is 22.9. The first-order valence-corrected chi connectivity index (χ1v) is 9.41. The molecule has 1 fully saturated rings. The second-order valence-electron chi connectivity index (χ2n) is 5.92. The molecule has 7 heteroatoms. The van der Waals surface area contributed by atoms with Gasteiger partial charge in [0.1, 0.15) is 10.6 Å². The van der Waals surface area contributed by atoms with Gasteiger partial charge in [0.2, 0.25) is 10.0 Å². The minimum absolute atomic E-state index is 0.177. The average molecular weight is 342 g/mol. The quantitative estimate of drug-likeness (QED) is 0.760. The predicted molar refractivity (Wildman–Crippen MR) is 89.2 cm³/mol. The predicted octanol–water partition coefficient (Wildman–Crippen LogP) is 1.47. The van der Waals surface area contributed by atoms with Crippen LogP contribution in [0.5, 0.6) is 5.75 Å². The summed E-state index contributed by atoms with van der Waals surface area (Å²) in [6, 6.07) is 6.63. The summed E-state index contributed by atoms with van der Waals surface area (Å²) in [5.74, 6) is 0.357.